The summed E-state index contributed by atoms with van der Waals surface area (Å²) in [4.78, 5) is 24.3. The molecule has 0 atom stereocenters. The zero-order valence-electron chi connectivity index (χ0n) is 17.6. The van der Waals surface area contributed by atoms with Crippen LogP contribution in [0.2, 0.25) is 0 Å². The summed E-state index contributed by atoms with van der Waals surface area (Å²) < 4.78 is 0. The minimum Gasteiger partial charge on any atom is -0.397 e. The van der Waals surface area contributed by atoms with Gasteiger partial charge < -0.3 is 5.73 Å². The molecule has 0 unspecified atom stereocenters. The number of amides is 1. The molecule has 3 heterocycles. The van der Waals surface area contributed by atoms with E-state index in [0.717, 1.165) is 44.2 Å². The zero-order valence-corrected chi connectivity index (χ0v) is 19.3. The summed E-state index contributed by atoms with van der Waals surface area (Å²) in [5.74, 6) is -0.0851. The first-order chi connectivity index (χ1) is 15.7. The number of anilines is 3. The van der Waals surface area contributed by atoms with Gasteiger partial charge in [0, 0.05) is 20.9 Å². The molecule has 0 spiro atoms. The quantitative estimate of drug-likeness (QED) is 0.335. The Hall–Kier alpha value is -2.83. The number of aromatic nitrogens is 1. The minimum absolute atomic E-state index is 0.0851. The summed E-state index contributed by atoms with van der Waals surface area (Å²) in [5, 5.41) is 0.922. The molecule has 0 saturated heterocycles. The molecule has 1 aliphatic carbocycles. The lowest BCUT2D eigenvalue weighted by Crippen LogP contribution is -2.28. The van der Waals surface area contributed by atoms with Crippen LogP contribution in [0.3, 0.4) is 0 Å². The fourth-order valence-electron chi connectivity index (χ4n) is 4.70. The number of carbonyl (C=O) groups is 1. The van der Waals surface area contributed by atoms with Gasteiger partial charge in [0.15, 0.2) is 0 Å². The van der Waals surface area contributed by atoms with Gasteiger partial charge in [-0.2, -0.15) is 0 Å². The molecule has 4 aromatic rings. The topological polar surface area (TPSA) is 59.2 Å². The van der Waals surface area contributed by atoms with Gasteiger partial charge in [0.1, 0.15) is 9.71 Å². The Morgan fingerprint density at radius 1 is 0.906 bits per heavy atom. The fourth-order valence-corrected chi connectivity index (χ4v) is 6.78. The molecule has 6 heteroatoms. The normalized spacial score (nSPS) is 15.4. The molecule has 0 fully saturated rings. The van der Waals surface area contributed by atoms with E-state index in [9.17, 15) is 4.79 Å². The van der Waals surface area contributed by atoms with Gasteiger partial charge in [-0.3, -0.25) is 9.69 Å². The third kappa shape index (κ3) is 3.21. The van der Waals surface area contributed by atoms with Gasteiger partial charge in [-0.25, -0.2) is 4.98 Å². The summed E-state index contributed by atoms with van der Waals surface area (Å²) in [5.41, 5.74) is 11.4. The number of nitrogens with two attached hydrogens (primary N) is 1. The van der Waals surface area contributed by atoms with E-state index in [0.29, 0.717) is 10.6 Å². The summed E-state index contributed by atoms with van der Waals surface area (Å²) in [6, 6.07) is 18.3. The van der Waals surface area contributed by atoms with E-state index in [-0.39, 0.29) is 5.91 Å². The van der Waals surface area contributed by atoms with Crippen molar-refractivity contribution in [2.24, 2.45) is 0 Å². The SMILES string of the molecule is Nc1c(C(=O)N2c3ccccc3Sc3ccccc32)sc2nc3c(cc12)CCCCCC3. The van der Waals surface area contributed by atoms with Gasteiger partial charge in [0.05, 0.1) is 17.1 Å². The van der Waals surface area contributed by atoms with Crippen molar-refractivity contribution in [2.45, 2.75) is 48.3 Å². The Morgan fingerprint density at radius 2 is 1.56 bits per heavy atom. The van der Waals surface area contributed by atoms with Gasteiger partial charge in [0.25, 0.3) is 5.91 Å². The first-order valence-electron chi connectivity index (χ1n) is 11.1. The fraction of sp³-hybridized carbons (Fsp3) is 0.231. The van der Waals surface area contributed by atoms with Gasteiger partial charge in [-0.05, 0) is 61.6 Å². The molecule has 2 aliphatic rings. The monoisotopic (exact) mass is 457 g/mol. The third-order valence-corrected chi connectivity index (χ3v) is 8.56. The highest BCUT2D eigenvalue weighted by Crippen LogP contribution is 2.49. The number of nitrogen functional groups attached to an aromatic ring is 1. The van der Waals surface area contributed by atoms with Gasteiger partial charge >= 0.3 is 0 Å². The largest absolute Gasteiger partial charge is 0.397 e. The van der Waals surface area contributed by atoms with Crippen LogP contribution in [0.15, 0.2) is 64.4 Å². The molecule has 160 valence electrons. The smallest absolute Gasteiger partial charge is 0.275 e. The van der Waals surface area contributed by atoms with Crippen molar-refractivity contribution in [1.82, 2.24) is 4.98 Å². The Bertz CT molecular complexity index is 1320. The second-order valence-corrected chi connectivity index (χ2v) is 10.5. The number of aryl methyl sites for hydroxylation is 2. The lowest BCUT2D eigenvalue weighted by Gasteiger charge is -2.30. The zero-order chi connectivity index (χ0) is 21.7. The van der Waals surface area contributed by atoms with Crippen LogP contribution < -0.4 is 10.6 Å². The number of fused-ring (bicyclic) bond motifs is 4. The summed E-state index contributed by atoms with van der Waals surface area (Å²) >= 11 is 3.12. The number of para-hydroxylation sites is 2. The van der Waals surface area contributed by atoms with Crippen molar-refractivity contribution >= 4 is 56.3 Å². The van der Waals surface area contributed by atoms with E-state index in [1.165, 1.54) is 48.3 Å². The highest BCUT2D eigenvalue weighted by atomic mass is 32.2. The predicted molar refractivity (Wildman–Crippen MR) is 133 cm³/mol. The van der Waals surface area contributed by atoms with E-state index in [2.05, 4.69) is 18.2 Å². The van der Waals surface area contributed by atoms with Crippen LogP contribution in [0, 0.1) is 0 Å². The maximum atomic E-state index is 14.0. The van der Waals surface area contributed by atoms with Gasteiger partial charge in [0.2, 0.25) is 0 Å². The van der Waals surface area contributed by atoms with Crippen molar-refractivity contribution in [3.63, 3.8) is 0 Å². The van der Waals surface area contributed by atoms with Crippen LogP contribution in [-0.2, 0) is 12.8 Å². The molecule has 1 amide bonds. The second kappa shape index (κ2) is 7.94. The summed E-state index contributed by atoms with van der Waals surface area (Å²) in [6.07, 6.45) is 6.96. The minimum atomic E-state index is -0.0851. The molecule has 1 aliphatic heterocycles. The molecular weight excluding hydrogens is 434 g/mol. The number of pyridine rings is 1. The Labute approximate surface area is 195 Å². The van der Waals surface area contributed by atoms with E-state index in [1.807, 2.05) is 41.3 Å². The second-order valence-electron chi connectivity index (χ2n) is 8.38. The van der Waals surface area contributed by atoms with E-state index in [1.54, 1.807) is 11.8 Å². The first-order valence-corrected chi connectivity index (χ1v) is 12.7. The van der Waals surface area contributed by atoms with Crippen molar-refractivity contribution in [2.75, 3.05) is 10.6 Å². The van der Waals surface area contributed by atoms with Crippen molar-refractivity contribution in [3.05, 3.63) is 70.7 Å². The van der Waals surface area contributed by atoms with Crippen LogP contribution in [0.25, 0.3) is 10.2 Å². The summed E-state index contributed by atoms with van der Waals surface area (Å²) in [6.45, 7) is 0. The summed E-state index contributed by atoms with van der Waals surface area (Å²) in [7, 11) is 0. The molecule has 6 rings (SSSR count). The molecule has 0 radical (unpaired) electrons. The van der Waals surface area contributed by atoms with Crippen molar-refractivity contribution in [3.8, 4) is 0 Å². The maximum Gasteiger partial charge on any atom is 0.275 e. The molecule has 2 aromatic carbocycles. The number of carbonyl (C=O) groups excluding carboxylic acids is 1. The molecule has 0 bridgehead atoms. The van der Waals surface area contributed by atoms with Crippen LogP contribution in [0.1, 0.15) is 46.6 Å². The highest BCUT2D eigenvalue weighted by molar-refractivity contribution is 7.99. The third-order valence-electron chi connectivity index (χ3n) is 6.33. The van der Waals surface area contributed by atoms with Gasteiger partial charge in [-0.15, -0.1) is 11.3 Å². The molecule has 0 saturated carbocycles. The molecule has 2 aromatic heterocycles. The number of hydrogen-bond acceptors (Lipinski definition) is 5. The lowest BCUT2D eigenvalue weighted by molar-refractivity contribution is 0.100. The first kappa shape index (κ1) is 19.8. The van der Waals surface area contributed by atoms with E-state index in [4.69, 9.17) is 10.7 Å². The Kier molecular flexibility index (Phi) is 4.92. The average Bonchev–Trinajstić information content (AvgIpc) is 3.12. The Morgan fingerprint density at radius 3 is 2.28 bits per heavy atom. The number of nitrogens with zero attached hydrogens (tertiary/aromatic N) is 2. The number of thiophene rings is 1. The predicted octanol–water partition coefficient (Wildman–Crippen LogP) is 6.98. The number of rotatable bonds is 1. The molecule has 4 nitrogen and oxygen atoms in total. The standard InChI is InChI=1S/C26H23N3OS2/c27-23-17-15-16-9-3-1-2-4-10-18(16)28-25(17)32-24(23)26(30)29-19-11-5-7-13-21(19)31-22-14-8-6-12-20(22)29/h5-8,11-15H,1-4,9-10,27H2. The average molecular weight is 458 g/mol. The highest BCUT2D eigenvalue weighted by Gasteiger charge is 2.31. The lowest BCUT2D eigenvalue weighted by atomic mass is 9.96. The van der Waals surface area contributed by atoms with E-state index >= 15 is 0 Å². The van der Waals surface area contributed by atoms with Gasteiger partial charge in [-0.1, -0.05) is 48.9 Å². The van der Waals surface area contributed by atoms with Crippen LogP contribution in [-0.4, -0.2) is 10.9 Å². The van der Waals surface area contributed by atoms with Crippen LogP contribution in [0.5, 0.6) is 0 Å². The maximum absolute atomic E-state index is 14.0. The Balaban J connectivity index is 1.49. The van der Waals surface area contributed by atoms with E-state index < -0.39 is 0 Å². The van der Waals surface area contributed by atoms with Crippen LogP contribution >= 0.6 is 23.1 Å². The van der Waals surface area contributed by atoms with Crippen molar-refractivity contribution < 1.29 is 4.79 Å². The number of benzene rings is 2. The molecule has 2 N–H and O–H groups in total. The van der Waals surface area contributed by atoms with Crippen molar-refractivity contribution in [1.29, 1.82) is 0 Å². The molecule has 32 heavy (non-hydrogen) atoms. The molecular formula is C26H23N3OS2. The number of hydrogen-bond donors (Lipinski definition) is 1. The van der Waals surface area contributed by atoms with Crippen LogP contribution in [0.4, 0.5) is 17.1 Å².